The summed E-state index contributed by atoms with van der Waals surface area (Å²) in [5.74, 6) is 0.638. The molecule has 0 spiro atoms. The van der Waals surface area contributed by atoms with E-state index in [0.29, 0.717) is 29.7 Å². The van der Waals surface area contributed by atoms with Crippen LogP contribution in [0.1, 0.15) is 50.1 Å². The summed E-state index contributed by atoms with van der Waals surface area (Å²) in [4.78, 5) is 33.3. The van der Waals surface area contributed by atoms with Crippen LogP contribution < -0.4 is 5.32 Å². The average molecular weight is 347 g/mol. The second-order valence-corrected chi connectivity index (χ2v) is 6.42. The fourth-order valence-corrected chi connectivity index (χ4v) is 3.19. The Morgan fingerprint density at radius 1 is 1.23 bits per heavy atom. The molecule has 6 heteroatoms. The molecule has 2 aromatic heterocycles. The van der Waals surface area contributed by atoms with Crippen LogP contribution in [0.2, 0.25) is 0 Å². The summed E-state index contributed by atoms with van der Waals surface area (Å²) in [6.07, 6.45) is 4.04. The van der Waals surface area contributed by atoms with E-state index in [-0.39, 0.29) is 23.6 Å². The number of nitrogens with zero attached hydrogens (tertiary/aromatic N) is 2. The van der Waals surface area contributed by atoms with Gasteiger partial charge in [0.15, 0.2) is 5.78 Å². The van der Waals surface area contributed by atoms with E-state index in [0.717, 1.165) is 11.3 Å². The van der Waals surface area contributed by atoms with Gasteiger partial charge in [-0.2, -0.15) is 0 Å². The van der Waals surface area contributed by atoms with Crippen LogP contribution in [0.25, 0.3) is 0 Å². The van der Waals surface area contributed by atoms with E-state index in [4.69, 9.17) is 4.42 Å². The Kier molecular flexibility index (Phi) is 4.08. The molecule has 0 aliphatic heterocycles. The number of hydrogen-bond donors (Lipinski definition) is 1. The zero-order valence-electron chi connectivity index (χ0n) is 14.2. The molecule has 1 amide bonds. The van der Waals surface area contributed by atoms with Gasteiger partial charge in [-0.1, -0.05) is 17.7 Å². The number of carbonyl (C=O) groups excluding carboxylic acids is 2. The summed E-state index contributed by atoms with van der Waals surface area (Å²) in [6, 6.07) is 11.0. The van der Waals surface area contributed by atoms with Gasteiger partial charge >= 0.3 is 0 Å². The standard InChI is InChI=1S/C20H17N3O3/c1-12-4-2-5-13(8-12)19(25)23-20-21-11-15-16(22-20)9-14(10-17(15)24)18-6-3-7-26-18/h2-8,11,14H,9-10H2,1H3,(H,21,22,23,25). The minimum absolute atomic E-state index is 0.00999. The molecule has 1 unspecified atom stereocenters. The Balaban J connectivity index is 1.58. The van der Waals surface area contributed by atoms with Crippen molar-refractivity contribution < 1.29 is 14.0 Å². The fraction of sp³-hybridized carbons (Fsp3) is 0.200. The van der Waals surface area contributed by atoms with Gasteiger partial charge in [-0.15, -0.1) is 0 Å². The third kappa shape index (κ3) is 3.13. The summed E-state index contributed by atoms with van der Waals surface area (Å²) >= 11 is 0. The Morgan fingerprint density at radius 2 is 2.12 bits per heavy atom. The first-order valence-corrected chi connectivity index (χ1v) is 8.40. The smallest absolute Gasteiger partial charge is 0.258 e. The highest BCUT2D eigenvalue weighted by atomic mass is 16.3. The molecule has 26 heavy (non-hydrogen) atoms. The van der Waals surface area contributed by atoms with Gasteiger partial charge in [0, 0.05) is 30.5 Å². The molecule has 1 aliphatic carbocycles. The highest BCUT2D eigenvalue weighted by molar-refractivity contribution is 6.03. The summed E-state index contributed by atoms with van der Waals surface area (Å²) in [7, 11) is 0. The number of amides is 1. The van der Waals surface area contributed by atoms with Gasteiger partial charge in [-0.25, -0.2) is 9.97 Å². The van der Waals surface area contributed by atoms with Crippen molar-refractivity contribution in [2.45, 2.75) is 25.7 Å². The molecule has 3 aromatic rings. The molecule has 1 N–H and O–H groups in total. The third-order valence-corrected chi connectivity index (χ3v) is 4.49. The highest BCUT2D eigenvalue weighted by Crippen LogP contribution is 2.32. The zero-order chi connectivity index (χ0) is 18.1. The molecular weight excluding hydrogens is 330 g/mol. The predicted molar refractivity (Wildman–Crippen MR) is 95.3 cm³/mol. The SMILES string of the molecule is Cc1cccc(C(=O)Nc2ncc3c(n2)CC(c2ccco2)CC3=O)c1. The zero-order valence-corrected chi connectivity index (χ0v) is 14.2. The van der Waals surface area contributed by atoms with E-state index in [2.05, 4.69) is 15.3 Å². The number of carbonyl (C=O) groups is 2. The number of Topliss-reactive ketones (excluding diaryl/α,β-unsaturated/α-hetero) is 1. The van der Waals surface area contributed by atoms with Crippen molar-refractivity contribution in [1.29, 1.82) is 0 Å². The van der Waals surface area contributed by atoms with E-state index in [1.54, 1.807) is 18.4 Å². The van der Waals surface area contributed by atoms with Crippen molar-refractivity contribution in [3.05, 3.63) is 77.0 Å². The normalized spacial score (nSPS) is 16.2. The van der Waals surface area contributed by atoms with Crippen LogP contribution in [0, 0.1) is 6.92 Å². The molecule has 2 heterocycles. The average Bonchev–Trinajstić information content (AvgIpc) is 3.16. The highest BCUT2D eigenvalue weighted by Gasteiger charge is 2.29. The number of fused-ring (bicyclic) bond motifs is 1. The van der Waals surface area contributed by atoms with Crippen LogP contribution in [0.4, 0.5) is 5.95 Å². The molecule has 0 fully saturated rings. The number of benzene rings is 1. The molecule has 130 valence electrons. The minimum atomic E-state index is -0.279. The van der Waals surface area contributed by atoms with Gasteiger partial charge in [0.2, 0.25) is 5.95 Å². The molecule has 0 saturated carbocycles. The molecule has 1 aliphatic rings. The molecule has 0 radical (unpaired) electrons. The molecular formula is C20H17N3O3. The Bertz CT molecular complexity index is 980. The summed E-state index contributed by atoms with van der Waals surface area (Å²) in [6.45, 7) is 1.92. The Labute approximate surface area is 150 Å². The summed E-state index contributed by atoms with van der Waals surface area (Å²) in [5, 5.41) is 2.70. The van der Waals surface area contributed by atoms with E-state index >= 15 is 0 Å². The van der Waals surface area contributed by atoms with Gasteiger partial charge in [-0.3, -0.25) is 14.9 Å². The van der Waals surface area contributed by atoms with Crippen LogP contribution >= 0.6 is 0 Å². The Morgan fingerprint density at radius 3 is 2.88 bits per heavy atom. The largest absolute Gasteiger partial charge is 0.469 e. The van der Waals surface area contributed by atoms with Crippen molar-refractivity contribution in [2.24, 2.45) is 0 Å². The molecule has 0 saturated heterocycles. The number of anilines is 1. The maximum Gasteiger partial charge on any atom is 0.258 e. The van der Waals surface area contributed by atoms with Gasteiger partial charge < -0.3 is 4.42 Å². The van der Waals surface area contributed by atoms with E-state index < -0.39 is 0 Å². The first kappa shape index (κ1) is 16.2. The lowest BCUT2D eigenvalue weighted by Gasteiger charge is -2.21. The second kappa shape index (κ2) is 6.55. The second-order valence-electron chi connectivity index (χ2n) is 6.42. The summed E-state index contributed by atoms with van der Waals surface area (Å²) in [5.41, 5.74) is 2.69. The maximum atomic E-state index is 12.4. The van der Waals surface area contributed by atoms with Gasteiger partial charge in [0.1, 0.15) is 5.76 Å². The monoisotopic (exact) mass is 347 g/mol. The lowest BCUT2D eigenvalue weighted by molar-refractivity contribution is 0.0958. The first-order valence-electron chi connectivity index (χ1n) is 8.40. The summed E-state index contributed by atoms with van der Waals surface area (Å²) < 4.78 is 5.43. The third-order valence-electron chi connectivity index (χ3n) is 4.49. The fourth-order valence-electron chi connectivity index (χ4n) is 3.19. The van der Waals surface area contributed by atoms with Crippen molar-refractivity contribution in [2.75, 3.05) is 5.32 Å². The maximum absolute atomic E-state index is 12.4. The quantitative estimate of drug-likeness (QED) is 0.783. The number of ketones is 1. The van der Waals surface area contributed by atoms with Crippen LogP contribution in [0.3, 0.4) is 0 Å². The van der Waals surface area contributed by atoms with Crippen LogP contribution in [-0.2, 0) is 6.42 Å². The van der Waals surface area contributed by atoms with Crippen molar-refractivity contribution in [3.63, 3.8) is 0 Å². The molecule has 6 nitrogen and oxygen atoms in total. The Hall–Kier alpha value is -3.28. The van der Waals surface area contributed by atoms with Crippen molar-refractivity contribution >= 4 is 17.6 Å². The lowest BCUT2D eigenvalue weighted by atomic mass is 9.85. The predicted octanol–water partition coefficient (Wildman–Crippen LogP) is 3.54. The van der Waals surface area contributed by atoms with Crippen LogP contribution in [0.5, 0.6) is 0 Å². The molecule has 1 aromatic carbocycles. The van der Waals surface area contributed by atoms with E-state index in [9.17, 15) is 9.59 Å². The van der Waals surface area contributed by atoms with Gasteiger partial charge in [-0.05, 0) is 31.2 Å². The minimum Gasteiger partial charge on any atom is -0.469 e. The number of nitrogens with one attached hydrogen (secondary N) is 1. The van der Waals surface area contributed by atoms with Gasteiger partial charge in [0.25, 0.3) is 5.91 Å². The number of hydrogen-bond acceptors (Lipinski definition) is 5. The van der Waals surface area contributed by atoms with E-state index in [1.165, 1.54) is 6.20 Å². The number of aryl methyl sites for hydroxylation is 1. The lowest BCUT2D eigenvalue weighted by Crippen LogP contribution is -2.22. The van der Waals surface area contributed by atoms with Crippen LogP contribution in [0.15, 0.2) is 53.3 Å². The number of rotatable bonds is 3. The van der Waals surface area contributed by atoms with Gasteiger partial charge in [0.05, 0.1) is 17.5 Å². The first-order chi connectivity index (χ1) is 12.6. The van der Waals surface area contributed by atoms with Crippen molar-refractivity contribution in [3.8, 4) is 0 Å². The van der Waals surface area contributed by atoms with Crippen LogP contribution in [-0.4, -0.2) is 21.7 Å². The topological polar surface area (TPSA) is 85.1 Å². The molecule has 1 atom stereocenters. The molecule has 4 rings (SSSR count). The van der Waals surface area contributed by atoms with E-state index in [1.807, 2.05) is 31.2 Å². The number of furan rings is 1. The number of aromatic nitrogens is 2. The van der Waals surface area contributed by atoms with Crippen molar-refractivity contribution in [1.82, 2.24) is 9.97 Å². The molecule has 0 bridgehead atoms.